The Hall–Kier alpha value is -3.71. The van der Waals surface area contributed by atoms with Crippen molar-refractivity contribution in [1.29, 1.82) is 5.26 Å². The summed E-state index contributed by atoms with van der Waals surface area (Å²) >= 11 is 1.35. The molecule has 170 valence electrons. The molecule has 1 N–H and O–H groups in total. The lowest BCUT2D eigenvalue weighted by Crippen LogP contribution is -2.36. The van der Waals surface area contributed by atoms with E-state index in [-0.39, 0.29) is 18.6 Å². The van der Waals surface area contributed by atoms with Gasteiger partial charge in [-0.25, -0.2) is 9.78 Å². The summed E-state index contributed by atoms with van der Waals surface area (Å²) in [7, 11) is 0. The van der Waals surface area contributed by atoms with E-state index in [4.69, 9.17) is 4.74 Å². The maximum atomic E-state index is 12.5. The van der Waals surface area contributed by atoms with Crippen LogP contribution in [-0.4, -0.2) is 44.6 Å². The first-order chi connectivity index (χ1) is 16.0. The highest BCUT2D eigenvalue weighted by Crippen LogP contribution is 2.36. The number of rotatable bonds is 7. The van der Waals surface area contributed by atoms with Gasteiger partial charge < -0.3 is 19.5 Å². The normalized spacial score (nSPS) is 12.7. The molecular formula is C23H24N6O3S. The number of fused-ring (bicyclic) bond motifs is 1. The number of thiophene rings is 1. The van der Waals surface area contributed by atoms with Crippen LogP contribution in [0.5, 0.6) is 0 Å². The van der Waals surface area contributed by atoms with Crippen molar-refractivity contribution in [2.24, 2.45) is 0 Å². The number of nitrogens with zero attached hydrogens (tertiary/aromatic N) is 5. The summed E-state index contributed by atoms with van der Waals surface area (Å²) in [5, 5.41) is 13.1. The van der Waals surface area contributed by atoms with Crippen LogP contribution in [-0.2, 0) is 35.5 Å². The molecule has 4 heterocycles. The van der Waals surface area contributed by atoms with Crippen LogP contribution < -0.4 is 5.32 Å². The van der Waals surface area contributed by atoms with E-state index in [2.05, 4.69) is 21.4 Å². The number of pyridine rings is 1. The standard InChI is InChI=1S/C23H24N6O3S/c1-16-26-8-10-28(16)11-12-32-23(31)29-9-6-18-19(13-24)22(33-20(18)15-29)27-21(30)5-4-17-3-2-7-25-14-17/h2-3,7-8,10,14H,4-6,9,11-12,15H2,1H3,(H,27,30). The van der Waals surface area contributed by atoms with Gasteiger partial charge in [0.25, 0.3) is 0 Å². The van der Waals surface area contributed by atoms with Crippen LogP contribution in [0, 0.1) is 18.3 Å². The van der Waals surface area contributed by atoms with Crippen molar-refractivity contribution in [3.8, 4) is 6.07 Å². The molecule has 3 aromatic rings. The zero-order valence-corrected chi connectivity index (χ0v) is 19.1. The van der Waals surface area contributed by atoms with Gasteiger partial charge in [0.2, 0.25) is 5.91 Å². The molecule has 0 atom stereocenters. The fraction of sp³-hybridized carbons (Fsp3) is 0.348. The Bertz CT molecular complexity index is 1180. The lowest BCUT2D eigenvalue weighted by atomic mass is 10.0. The van der Waals surface area contributed by atoms with Gasteiger partial charge in [-0.1, -0.05) is 6.07 Å². The molecule has 0 fully saturated rings. The molecule has 0 aromatic carbocycles. The number of ether oxygens (including phenoxy) is 1. The van der Waals surface area contributed by atoms with Crippen molar-refractivity contribution < 1.29 is 14.3 Å². The zero-order valence-electron chi connectivity index (χ0n) is 18.3. The number of anilines is 1. The second kappa shape index (κ2) is 10.3. The summed E-state index contributed by atoms with van der Waals surface area (Å²) in [5.41, 5.74) is 2.38. The number of nitriles is 1. The van der Waals surface area contributed by atoms with E-state index >= 15 is 0 Å². The summed E-state index contributed by atoms with van der Waals surface area (Å²) in [6.07, 6.45) is 8.03. The molecule has 0 unspecified atom stereocenters. The third kappa shape index (κ3) is 5.38. The Kier molecular flexibility index (Phi) is 7.00. The van der Waals surface area contributed by atoms with Gasteiger partial charge in [-0.05, 0) is 37.0 Å². The molecule has 0 saturated carbocycles. The molecule has 9 nitrogen and oxygen atoms in total. The summed E-state index contributed by atoms with van der Waals surface area (Å²) in [6.45, 7) is 3.53. The van der Waals surface area contributed by atoms with Crippen molar-refractivity contribution >= 4 is 28.3 Å². The number of aryl methyl sites for hydroxylation is 2. The van der Waals surface area contributed by atoms with Gasteiger partial charge in [-0.15, -0.1) is 11.3 Å². The zero-order chi connectivity index (χ0) is 23.2. The van der Waals surface area contributed by atoms with Gasteiger partial charge in [0.05, 0.1) is 18.7 Å². The van der Waals surface area contributed by atoms with E-state index in [1.165, 1.54) is 11.3 Å². The average molecular weight is 465 g/mol. The summed E-state index contributed by atoms with van der Waals surface area (Å²) in [5.74, 6) is 0.714. The van der Waals surface area contributed by atoms with E-state index in [1.807, 2.05) is 29.8 Å². The van der Waals surface area contributed by atoms with Gasteiger partial charge >= 0.3 is 6.09 Å². The van der Waals surface area contributed by atoms with Crippen molar-refractivity contribution in [1.82, 2.24) is 19.4 Å². The van der Waals surface area contributed by atoms with E-state index in [1.54, 1.807) is 23.5 Å². The van der Waals surface area contributed by atoms with E-state index in [9.17, 15) is 14.9 Å². The van der Waals surface area contributed by atoms with Crippen molar-refractivity contribution in [2.75, 3.05) is 18.5 Å². The highest BCUT2D eigenvalue weighted by atomic mass is 32.1. The number of nitrogens with one attached hydrogen (secondary N) is 1. The maximum Gasteiger partial charge on any atom is 0.410 e. The van der Waals surface area contributed by atoms with Crippen LogP contribution in [0.4, 0.5) is 9.80 Å². The van der Waals surface area contributed by atoms with E-state index in [0.29, 0.717) is 49.5 Å². The lowest BCUT2D eigenvalue weighted by molar-refractivity contribution is -0.116. The van der Waals surface area contributed by atoms with Crippen molar-refractivity contribution in [3.05, 3.63) is 64.3 Å². The highest BCUT2D eigenvalue weighted by Gasteiger charge is 2.28. The minimum atomic E-state index is -0.382. The number of aromatic nitrogens is 3. The summed E-state index contributed by atoms with van der Waals surface area (Å²) < 4.78 is 7.35. The van der Waals surface area contributed by atoms with Crippen molar-refractivity contribution in [2.45, 2.75) is 39.3 Å². The molecule has 0 aliphatic carbocycles. The Balaban J connectivity index is 1.33. The molecule has 33 heavy (non-hydrogen) atoms. The second-order valence-electron chi connectivity index (χ2n) is 7.68. The number of carbonyl (C=O) groups is 2. The first-order valence-corrected chi connectivity index (χ1v) is 11.5. The predicted molar refractivity (Wildman–Crippen MR) is 123 cm³/mol. The molecule has 0 saturated heterocycles. The number of hydrogen-bond donors (Lipinski definition) is 1. The molecule has 2 amide bonds. The summed E-state index contributed by atoms with van der Waals surface area (Å²) in [6, 6.07) is 5.99. The molecule has 3 aromatic heterocycles. The first-order valence-electron chi connectivity index (χ1n) is 10.7. The maximum absolute atomic E-state index is 12.5. The van der Waals surface area contributed by atoms with Crippen molar-refractivity contribution in [3.63, 3.8) is 0 Å². The fourth-order valence-electron chi connectivity index (χ4n) is 3.72. The quantitative estimate of drug-likeness (QED) is 0.574. The van der Waals surface area contributed by atoms with Gasteiger partial charge in [0, 0.05) is 42.6 Å². The average Bonchev–Trinajstić information content (AvgIpc) is 3.39. The topological polar surface area (TPSA) is 113 Å². The number of amides is 2. The molecule has 4 rings (SSSR count). The minimum absolute atomic E-state index is 0.153. The predicted octanol–water partition coefficient (Wildman–Crippen LogP) is 3.29. The number of carbonyl (C=O) groups excluding carboxylic acids is 2. The summed E-state index contributed by atoms with van der Waals surface area (Å²) in [4.78, 5) is 35.7. The molecule has 0 bridgehead atoms. The van der Waals surface area contributed by atoms with Gasteiger partial charge in [-0.2, -0.15) is 5.26 Å². The third-order valence-corrected chi connectivity index (χ3v) is 6.66. The molecule has 0 radical (unpaired) electrons. The smallest absolute Gasteiger partial charge is 0.410 e. The Morgan fingerprint density at radius 2 is 2.24 bits per heavy atom. The number of imidazole rings is 1. The van der Waals surface area contributed by atoms with Crippen LogP contribution in [0.3, 0.4) is 0 Å². The minimum Gasteiger partial charge on any atom is -0.448 e. The third-order valence-electron chi connectivity index (χ3n) is 5.52. The second-order valence-corrected chi connectivity index (χ2v) is 8.79. The van der Waals surface area contributed by atoms with E-state index in [0.717, 1.165) is 21.8 Å². The monoisotopic (exact) mass is 464 g/mol. The van der Waals surface area contributed by atoms with E-state index < -0.39 is 0 Å². The molecule has 0 spiro atoms. The molecule has 1 aliphatic heterocycles. The SMILES string of the molecule is Cc1nccn1CCOC(=O)N1CCc2c(sc(NC(=O)CCc3cccnc3)c2C#N)C1. The fourth-order valence-corrected chi connectivity index (χ4v) is 4.95. The molecule has 1 aliphatic rings. The highest BCUT2D eigenvalue weighted by molar-refractivity contribution is 7.16. The van der Waals surface area contributed by atoms with Crippen LogP contribution >= 0.6 is 11.3 Å². The Labute approximate surface area is 195 Å². The molecular weight excluding hydrogens is 440 g/mol. The lowest BCUT2D eigenvalue weighted by Gasteiger charge is -2.26. The van der Waals surface area contributed by atoms with Gasteiger partial charge in [0.15, 0.2) is 0 Å². The first kappa shape index (κ1) is 22.5. The van der Waals surface area contributed by atoms with Crippen LogP contribution in [0.25, 0.3) is 0 Å². The number of hydrogen-bond acceptors (Lipinski definition) is 7. The Morgan fingerprint density at radius 3 is 2.97 bits per heavy atom. The largest absolute Gasteiger partial charge is 0.448 e. The Morgan fingerprint density at radius 1 is 1.36 bits per heavy atom. The van der Waals surface area contributed by atoms with Crippen LogP contribution in [0.1, 0.15) is 33.8 Å². The van der Waals surface area contributed by atoms with Crippen LogP contribution in [0.2, 0.25) is 0 Å². The van der Waals surface area contributed by atoms with Crippen LogP contribution in [0.15, 0.2) is 36.9 Å². The van der Waals surface area contributed by atoms with Gasteiger partial charge in [-0.3, -0.25) is 9.78 Å². The molecule has 10 heteroatoms. The van der Waals surface area contributed by atoms with Gasteiger partial charge in [0.1, 0.15) is 23.5 Å².